The molecule has 1 aromatic carbocycles. The average molecular weight is 266 g/mol. The van der Waals surface area contributed by atoms with E-state index in [0.29, 0.717) is 10.7 Å². The average Bonchev–Trinajstić information content (AvgIpc) is 2.85. The molecule has 1 aliphatic rings. The molecular weight excluding hydrogens is 251 g/mol. The van der Waals surface area contributed by atoms with Crippen molar-refractivity contribution in [1.29, 1.82) is 0 Å². The lowest BCUT2D eigenvalue weighted by Crippen LogP contribution is -2.17. The van der Waals surface area contributed by atoms with Crippen molar-refractivity contribution in [2.45, 2.75) is 26.0 Å². The molecule has 18 heavy (non-hydrogen) atoms. The Morgan fingerprint density at radius 1 is 1.56 bits per heavy atom. The van der Waals surface area contributed by atoms with E-state index in [1.807, 2.05) is 4.57 Å². The van der Waals surface area contributed by atoms with Crippen LogP contribution in [0.1, 0.15) is 13.3 Å². The molecule has 0 radical (unpaired) electrons. The van der Waals surface area contributed by atoms with Crippen LogP contribution in [0.2, 0.25) is 0 Å². The fraction of sp³-hybridized carbons (Fsp3) is 0.462. The van der Waals surface area contributed by atoms with Gasteiger partial charge in [0, 0.05) is 19.1 Å². The molecule has 1 aliphatic heterocycles. The second kappa shape index (κ2) is 4.48. The van der Waals surface area contributed by atoms with Crippen LogP contribution >= 0.6 is 12.2 Å². The van der Waals surface area contributed by atoms with Gasteiger partial charge in [-0.05, 0) is 43.8 Å². The third-order valence-corrected chi connectivity index (χ3v) is 4.01. The Morgan fingerprint density at radius 2 is 2.39 bits per heavy atom. The predicted octanol–water partition coefficient (Wildman–Crippen LogP) is 3.26. The standard InChI is InChI=1S/C13H15FN2OS/c1-8-9(4-5-17-8)7-16-12-3-2-10(14)6-11(12)15-13(16)18/h2-3,6,8-9H,4-5,7H2,1H3,(H,15,18). The Hall–Kier alpha value is -1.20. The summed E-state index contributed by atoms with van der Waals surface area (Å²) in [4.78, 5) is 3.05. The quantitative estimate of drug-likeness (QED) is 0.846. The summed E-state index contributed by atoms with van der Waals surface area (Å²) in [6, 6.07) is 4.73. The second-order valence-electron chi connectivity index (χ2n) is 4.83. The molecule has 2 heterocycles. The third-order valence-electron chi connectivity index (χ3n) is 3.69. The molecule has 1 aromatic heterocycles. The monoisotopic (exact) mass is 266 g/mol. The smallest absolute Gasteiger partial charge is 0.178 e. The molecule has 0 saturated carbocycles. The number of imidazole rings is 1. The lowest BCUT2D eigenvalue weighted by molar-refractivity contribution is 0.102. The molecule has 1 fully saturated rings. The van der Waals surface area contributed by atoms with Gasteiger partial charge in [0.15, 0.2) is 4.77 Å². The fourth-order valence-electron chi connectivity index (χ4n) is 2.57. The summed E-state index contributed by atoms with van der Waals surface area (Å²) in [6.45, 7) is 3.73. The summed E-state index contributed by atoms with van der Waals surface area (Å²) >= 11 is 5.31. The lowest BCUT2D eigenvalue weighted by atomic mass is 10.0. The zero-order valence-corrected chi connectivity index (χ0v) is 11.0. The number of hydrogen-bond acceptors (Lipinski definition) is 2. The number of ether oxygens (including phenoxy) is 1. The molecule has 0 aliphatic carbocycles. The largest absolute Gasteiger partial charge is 0.378 e. The van der Waals surface area contributed by atoms with Crippen LogP contribution in [-0.4, -0.2) is 22.3 Å². The van der Waals surface area contributed by atoms with E-state index in [1.165, 1.54) is 12.1 Å². The van der Waals surface area contributed by atoms with Crippen molar-refractivity contribution in [3.8, 4) is 0 Å². The molecule has 3 rings (SSSR count). The number of aromatic amines is 1. The minimum Gasteiger partial charge on any atom is -0.378 e. The van der Waals surface area contributed by atoms with Crippen molar-refractivity contribution in [3.05, 3.63) is 28.8 Å². The van der Waals surface area contributed by atoms with Crippen LogP contribution in [0.4, 0.5) is 4.39 Å². The molecule has 96 valence electrons. The number of hydrogen-bond donors (Lipinski definition) is 1. The first-order valence-corrected chi connectivity index (χ1v) is 6.55. The number of fused-ring (bicyclic) bond motifs is 1. The van der Waals surface area contributed by atoms with Gasteiger partial charge in [-0.25, -0.2) is 4.39 Å². The number of benzene rings is 1. The number of nitrogens with one attached hydrogen (secondary N) is 1. The van der Waals surface area contributed by atoms with Crippen LogP contribution in [0.3, 0.4) is 0 Å². The van der Waals surface area contributed by atoms with E-state index in [0.717, 1.165) is 30.6 Å². The first-order chi connectivity index (χ1) is 8.65. The number of nitrogens with zero attached hydrogens (tertiary/aromatic N) is 1. The van der Waals surface area contributed by atoms with Gasteiger partial charge in [0.25, 0.3) is 0 Å². The molecule has 2 unspecified atom stereocenters. The second-order valence-corrected chi connectivity index (χ2v) is 5.21. The molecule has 2 aromatic rings. The van der Waals surface area contributed by atoms with Gasteiger partial charge in [0.2, 0.25) is 0 Å². The van der Waals surface area contributed by atoms with Crippen molar-refractivity contribution in [2.24, 2.45) is 5.92 Å². The zero-order chi connectivity index (χ0) is 12.7. The van der Waals surface area contributed by atoms with Crippen LogP contribution in [0.25, 0.3) is 11.0 Å². The predicted molar refractivity (Wildman–Crippen MR) is 70.6 cm³/mol. The van der Waals surface area contributed by atoms with Crippen molar-refractivity contribution < 1.29 is 9.13 Å². The van der Waals surface area contributed by atoms with Crippen LogP contribution in [0.5, 0.6) is 0 Å². The van der Waals surface area contributed by atoms with Gasteiger partial charge in [0.05, 0.1) is 17.1 Å². The Bertz CT molecular complexity index is 633. The van der Waals surface area contributed by atoms with Gasteiger partial charge >= 0.3 is 0 Å². The van der Waals surface area contributed by atoms with Gasteiger partial charge in [0.1, 0.15) is 5.82 Å². The van der Waals surface area contributed by atoms with Gasteiger partial charge in [-0.2, -0.15) is 0 Å². The van der Waals surface area contributed by atoms with Gasteiger partial charge < -0.3 is 14.3 Å². The molecule has 3 nitrogen and oxygen atoms in total. The van der Waals surface area contributed by atoms with Crippen LogP contribution in [-0.2, 0) is 11.3 Å². The van der Waals surface area contributed by atoms with E-state index in [-0.39, 0.29) is 11.9 Å². The summed E-state index contributed by atoms with van der Waals surface area (Å²) in [5.41, 5.74) is 1.71. The highest BCUT2D eigenvalue weighted by Crippen LogP contribution is 2.25. The summed E-state index contributed by atoms with van der Waals surface area (Å²) < 4.78 is 21.4. The normalized spacial score (nSPS) is 23.9. The van der Waals surface area contributed by atoms with Crippen molar-refractivity contribution >= 4 is 23.3 Å². The minimum absolute atomic E-state index is 0.247. The van der Waals surface area contributed by atoms with Crippen LogP contribution in [0, 0.1) is 16.5 Å². The maximum absolute atomic E-state index is 13.2. The van der Waals surface area contributed by atoms with Crippen molar-refractivity contribution in [2.75, 3.05) is 6.61 Å². The van der Waals surface area contributed by atoms with E-state index in [2.05, 4.69) is 11.9 Å². The van der Waals surface area contributed by atoms with Crippen LogP contribution < -0.4 is 0 Å². The molecule has 2 atom stereocenters. The van der Waals surface area contributed by atoms with E-state index in [9.17, 15) is 4.39 Å². The van der Waals surface area contributed by atoms with E-state index < -0.39 is 0 Å². The summed E-state index contributed by atoms with van der Waals surface area (Å²) in [7, 11) is 0. The van der Waals surface area contributed by atoms with Crippen molar-refractivity contribution in [3.63, 3.8) is 0 Å². The zero-order valence-electron chi connectivity index (χ0n) is 10.1. The summed E-state index contributed by atoms with van der Waals surface area (Å²) in [6.07, 6.45) is 1.31. The topological polar surface area (TPSA) is 29.9 Å². The Morgan fingerprint density at radius 3 is 3.11 bits per heavy atom. The summed E-state index contributed by atoms with van der Waals surface area (Å²) in [5, 5.41) is 0. The van der Waals surface area contributed by atoms with Gasteiger partial charge in [-0.1, -0.05) is 0 Å². The Kier molecular flexibility index (Phi) is 2.95. The van der Waals surface area contributed by atoms with Gasteiger partial charge in [-0.15, -0.1) is 0 Å². The highest BCUT2D eigenvalue weighted by atomic mass is 32.1. The number of aromatic nitrogens is 2. The molecule has 5 heteroatoms. The maximum Gasteiger partial charge on any atom is 0.178 e. The molecule has 0 bridgehead atoms. The molecule has 1 N–H and O–H groups in total. The Labute approximate surface area is 110 Å². The Balaban J connectivity index is 2.01. The first kappa shape index (κ1) is 11.9. The molecular formula is C13H15FN2OS. The first-order valence-electron chi connectivity index (χ1n) is 6.15. The van der Waals surface area contributed by atoms with Crippen molar-refractivity contribution in [1.82, 2.24) is 9.55 Å². The number of halogens is 1. The van der Waals surface area contributed by atoms with E-state index in [1.54, 1.807) is 6.07 Å². The lowest BCUT2D eigenvalue weighted by Gasteiger charge is -2.15. The highest BCUT2D eigenvalue weighted by Gasteiger charge is 2.25. The minimum atomic E-state index is -0.247. The number of H-pyrrole nitrogens is 1. The maximum atomic E-state index is 13.2. The van der Waals surface area contributed by atoms with Gasteiger partial charge in [-0.3, -0.25) is 0 Å². The molecule has 1 saturated heterocycles. The third kappa shape index (κ3) is 1.97. The van der Waals surface area contributed by atoms with E-state index >= 15 is 0 Å². The van der Waals surface area contributed by atoms with Crippen LogP contribution in [0.15, 0.2) is 18.2 Å². The summed E-state index contributed by atoms with van der Waals surface area (Å²) in [5.74, 6) is 0.226. The number of rotatable bonds is 2. The SMILES string of the molecule is CC1OCCC1Cn1c(=S)[nH]c2cc(F)ccc21. The molecule has 0 amide bonds. The molecule has 0 spiro atoms. The fourth-order valence-corrected chi connectivity index (χ4v) is 2.85. The highest BCUT2D eigenvalue weighted by molar-refractivity contribution is 7.71. The van der Waals surface area contributed by atoms with E-state index in [4.69, 9.17) is 17.0 Å².